The van der Waals surface area contributed by atoms with Crippen LogP contribution in [0, 0.1) is 6.92 Å². The molecule has 2 rings (SSSR count). The summed E-state index contributed by atoms with van der Waals surface area (Å²) in [5.74, 6) is 1.10. The smallest absolute Gasteiger partial charge is 0.126 e. The molecule has 0 saturated carbocycles. The Hall–Kier alpha value is -1.28. The second-order valence-corrected chi connectivity index (χ2v) is 11.2. The molecule has 1 nitrogen and oxygen atoms in total. The summed E-state index contributed by atoms with van der Waals surface area (Å²) in [5, 5.41) is 1.54. The second-order valence-electron chi connectivity index (χ2n) is 8.72. The standard InChI is InChI=1S/C22H33OSi/c1-15-14-17(21(2,3)4)19(23-7)18(20(15)24(8)9)22(5,6)16-12-10-11-13-16/h10-12,14H,13H2,1-9H3. The average Bonchev–Trinajstić information content (AvgIpc) is 2.99. The molecule has 1 aromatic rings. The normalized spacial score (nSPS) is 15.2. The van der Waals surface area contributed by atoms with Gasteiger partial charge in [0, 0.05) is 16.5 Å². The Bertz CT molecular complexity index is 685. The summed E-state index contributed by atoms with van der Waals surface area (Å²) in [4.78, 5) is 0. The largest absolute Gasteiger partial charge is 0.496 e. The second kappa shape index (κ2) is 6.55. The van der Waals surface area contributed by atoms with Crippen LogP contribution in [0.3, 0.4) is 0 Å². The Kier molecular flexibility index (Phi) is 5.20. The molecule has 0 aromatic heterocycles. The Balaban J connectivity index is 2.87. The summed E-state index contributed by atoms with van der Waals surface area (Å²) >= 11 is 0. The first kappa shape index (κ1) is 19.0. The van der Waals surface area contributed by atoms with Crippen molar-refractivity contribution < 1.29 is 4.74 Å². The Morgan fingerprint density at radius 3 is 2.12 bits per heavy atom. The molecule has 0 amide bonds. The number of rotatable bonds is 4. The van der Waals surface area contributed by atoms with E-state index < -0.39 is 8.80 Å². The van der Waals surface area contributed by atoms with Crippen molar-refractivity contribution in [3.63, 3.8) is 0 Å². The first-order valence-electron chi connectivity index (χ1n) is 8.91. The highest BCUT2D eigenvalue weighted by atomic mass is 28.3. The number of hydrogen-bond donors (Lipinski definition) is 0. The van der Waals surface area contributed by atoms with Crippen LogP contribution in [0.5, 0.6) is 5.75 Å². The van der Waals surface area contributed by atoms with Crippen LogP contribution in [-0.4, -0.2) is 15.9 Å². The predicted molar refractivity (Wildman–Crippen MR) is 108 cm³/mol. The van der Waals surface area contributed by atoms with Crippen LogP contribution >= 0.6 is 0 Å². The van der Waals surface area contributed by atoms with Crippen molar-refractivity contribution in [1.29, 1.82) is 0 Å². The lowest BCUT2D eigenvalue weighted by molar-refractivity contribution is 0.384. The van der Waals surface area contributed by atoms with Crippen molar-refractivity contribution in [3.05, 3.63) is 46.6 Å². The minimum absolute atomic E-state index is 0.0157. The van der Waals surface area contributed by atoms with Crippen LogP contribution in [0.1, 0.15) is 57.7 Å². The maximum atomic E-state index is 6.06. The van der Waals surface area contributed by atoms with Gasteiger partial charge < -0.3 is 4.74 Å². The number of allylic oxidation sites excluding steroid dienone is 4. The zero-order valence-electron chi connectivity index (χ0n) is 16.9. The zero-order chi connectivity index (χ0) is 18.3. The van der Waals surface area contributed by atoms with E-state index in [1.54, 1.807) is 5.19 Å². The van der Waals surface area contributed by atoms with Gasteiger partial charge in [0.15, 0.2) is 0 Å². The first-order chi connectivity index (χ1) is 11.0. The van der Waals surface area contributed by atoms with Crippen molar-refractivity contribution in [2.75, 3.05) is 7.11 Å². The van der Waals surface area contributed by atoms with Gasteiger partial charge in [0.2, 0.25) is 0 Å². The van der Waals surface area contributed by atoms with Crippen LogP contribution in [0.2, 0.25) is 13.1 Å². The van der Waals surface area contributed by atoms with E-state index in [-0.39, 0.29) is 10.8 Å². The first-order valence-corrected chi connectivity index (χ1v) is 11.4. The van der Waals surface area contributed by atoms with Crippen molar-refractivity contribution in [2.24, 2.45) is 0 Å². The Labute approximate surface area is 150 Å². The number of ether oxygens (including phenoxy) is 1. The molecule has 1 aliphatic rings. The van der Waals surface area contributed by atoms with Gasteiger partial charge in [0.25, 0.3) is 0 Å². The fourth-order valence-corrected chi connectivity index (χ4v) is 5.67. The highest BCUT2D eigenvalue weighted by Crippen LogP contribution is 2.44. The molecule has 1 aromatic carbocycles. The minimum atomic E-state index is -0.604. The summed E-state index contributed by atoms with van der Waals surface area (Å²) in [6.45, 7) is 18.6. The molecule has 0 heterocycles. The number of hydrogen-bond acceptors (Lipinski definition) is 1. The molecule has 1 aliphatic carbocycles. The molecule has 2 heteroatoms. The van der Waals surface area contributed by atoms with Crippen LogP contribution in [-0.2, 0) is 10.8 Å². The van der Waals surface area contributed by atoms with E-state index in [9.17, 15) is 0 Å². The van der Waals surface area contributed by atoms with E-state index in [4.69, 9.17) is 4.74 Å². The summed E-state index contributed by atoms with van der Waals surface area (Å²) in [6, 6.07) is 2.37. The monoisotopic (exact) mass is 341 g/mol. The fourth-order valence-electron chi connectivity index (χ4n) is 3.88. The van der Waals surface area contributed by atoms with E-state index in [1.165, 1.54) is 22.3 Å². The third kappa shape index (κ3) is 3.26. The summed E-state index contributed by atoms with van der Waals surface area (Å²) in [6.07, 6.45) is 7.78. The molecule has 24 heavy (non-hydrogen) atoms. The van der Waals surface area contributed by atoms with Gasteiger partial charge in [-0.15, -0.1) is 0 Å². The van der Waals surface area contributed by atoms with Gasteiger partial charge in [0.1, 0.15) is 5.75 Å². The molecule has 0 aliphatic heterocycles. The number of benzene rings is 1. The highest BCUT2D eigenvalue weighted by Gasteiger charge is 2.36. The Morgan fingerprint density at radius 1 is 1.08 bits per heavy atom. The molecular formula is C22H33OSi. The highest BCUT2D eigenvalue weighted by molar-refractivity contribution is 6.71. The summed E-state index contributed by atoms with van der Waals surface area (Å²) < 4.78 is 6.06. The van der Waals surface area contributed by atoms with E-state index in [0.717, 1.165) is 12.2 Å². The van der Waals surface area contributed by atoms with Crippen LogP contribution in [0.4, 0.5) is 0 Å². The van der Waals surface area contributed by atoms with Crippen LogP contribution < -0.4 is 9.92 Å². The topological polar surface area (TPSA) is 9.23 Å². The summed E-state index contributed by atoms with van der Waals surface area (Å²) in [5.41, 5.74) is 5.70. The van der Waals surface area contributed by atoms with Gasteiger partial charge in [-0.2, -0.15) is 0 Å². The van der Waals surface area contributed by atoms with Crippen molar-refractivity contribution >= 4 is 14.0 Å². The third-order valence-corrected chi connectivity index (χ3v) is 6.83. The lowest BCUT2D eigenvalue weighted by atomic mass is 9.73. The zero-order valence-corrected chi connectivity index (χ0v) is 17.9. The lowest BCUT2D eigenvalue weighted by Gasteiger charge is -2.36. The summed E-state index contributed by atoms with van der Waals surface area (Å²) in [7, 11) is 1.23. The van der Waals surface area contributed by atoms with Gasteiger partial charge in [0.05, 0.1) is 15.9 Å². The van der Waals surface area contributed by atoms with Crippen molar-refractivity contribution in [3.8, 4) is 5.75 Å². The van der Waals surface area contributed by atoms with Gasteiger partial charge in [-0.1, -0.05) is 88.3 Å². The predicted octanol–water partition coefficient (Wildman–Crippen LogP) is 5.43. The molecule has 0 fully saturated rings. The van der Waals surface area contributed by atoms with Gasteiger partial charge >= 0.3 is 0 Å². The SMILES string of the molecule is COc1c(C(C)(C)C)cc(C)c([Si](C)C)c1C(C)(C)C1=CC=CC1. The molecule has 0 spiro atoms. The number of aryl methyl sites for hydroxylation is 1. The maximum absolute atomic E-state index is 6.06. The van der Waals surface area contributed by atoms with Crippen LogP contribution in [0.15, 0.2) is 29.9 Å². The van der Waals surface area contributed by atoms with Crippen LogP contribution in [0.25, 0.3) is 0 Å². The minimum Gasteiger partial charge on any atom is -0.496 e. The molecule has 131 valence electrons. The van der Waals surface area contributed by atoms with Crippen molar-refractivity contribution in [2.45, 2.75) is 71.9 Å². The Morgan fingerprint density at radius 2 is 1.71 bits per heavy atom. The maximum Gasteiger partial charge on any atom is 0.126 e. The molecule has 0 atom stereocenters. The van der Waals surface area contributed by atoms with Crippen molar-refractivity contribution in [1.82, 2.24) is 0 Å². The lowest BCUT2D eigenvalue weighted by Crippen LogP contribution is -2.38. The van der Waals surface area contributed by atoms with E-state index in [2.05, 4.69) is 78.9 Å². The molecule has 0 saturated heterocycles. The number of methoxy groups -OCH3 is 1. The average molecular weight is 342 g/mol. The quantitative estimate of drug-likeness (QED) is 0.664. The van der Waals surface area contributed by atoms with E-state index in [0.29, 0.717) is 0 Å². The van der Waals surface area contributed by atoms with Gasteiger partial charge in [-0.3, -0.25) is 0 Å². The van der Waals surface area contributed by atoms with Gasteiger partial charge in [-0.25, -0.2) is 0 Å². The fraction of sp³-hybridized carbons (Fsp3) is 0.545. The van der Waals surface area contributed by atoms with E-state index >= 15 is 0 Å². The molecule has 0 N–H and O–H groups in total. The molecule has 0 unspecified atom stereocenters. The molecule has 0 bridgehead atoms. The third-order valence-electron chi connectivity index (χ3n) is 5.19. The van der Waals surface area contributed by atoms with Gasteiger partial charge in [-0.05, 0) is 18.8 Å². The molecule has 1 radical (unpaired) electrons. The van der Waals surface area contributed by atoms with E-state index in [1.807, 2.05) is 7.11 Å². The molecular weight excluding hydrogens is 308 g/mol.